The lowest BCUT2D eigenvalue weighted by Crippen LogP contribution is -2.33. The predicted molar refractivity (Wildman–Crippen MR) is 145 cm³/mol. The summed E-state index contributed by atoms with van der Waals surface area (Å²) in [5.74, 6) is 1.03. The smallest absolute Gasteiger partial charge is 0.404 e. The van der Waals surface area contributed by atoms with Crippen molar-refractivity contribution < 1.29 is 26.3 Å². The number of alkyl halides is 3. The normalized spacial score (nSPS) is 18.6. The largest absolute Gasteiger partial charge is 0.573 e. The fraction of sp³-hybridized carbons (Fsp3) is 0.481. The van der Waals surface area contributed by atoms with Gasteiger partial charge < -0.3 is 15.4 Å². The van der Waals surface area contributed by atoms with Gasteiger partial charge in [-0.15, -0.1) is 13.2 Å². The molecule has 8 nitrogen and oxygen atoms in total. The van der Waals surface area contributed by atoms with Crippen LogP contribution in [0.1, 0.15) is 46.5 Å². The van der Waals surface area contributed by atoms with E-state index in [1.807, 2.05) is 24.3 Å². The van der Waals surface area contributed by atoms with Crippen LogP contribution in [0.15, 0.2) is 53.4 Å². The summed E-state index contributed by atoms with van der Waals surface area (Å²) < 4.78 is 69.9. The Balaban J connectivity index is 1.31. The molecule has 39 heavy (non-hydrogen) atoms. The highest BCUT2D eigenvalue weighted by Crippen LogP contribution is 2.32. The van der Waals surface area contributed by atoms with E-state index in [9.17, 15) is 21.6 Å². The number of hydrogen-bond acceptors (Lipinski definition) is 7. The minimum absolute atomic E-state index is 0.0891. The van der Waals surface area contributed by atoms with Gasteiger partial charge in [-0.05, 0) is 82.6 Å². The minimum atomic E-state index is -4.99. The lowest BCUT2D eigenvalue weighted by molar-refractivity contribution is -0.275. The molecule has 3 aromatic rings. The van der Waals surface area contributed by atoms with Crippen LogP contribution in [0.5, 0.6) is 5.75 Å². The zero-order valence-corrected chi connectivity index (χ0v) is 23.0. The van der Waals surface area contributed by atoms with Crippen LogP contribution in [0.2, 0.25) is 0 Å². The van der Waals surface area contributed by atoms with Crippen LogP contribution in [0.25, 0.3) is 10.9 Å². The van der Waals surface area contributed by atoms with Crippen molar-refractivity contribution in [3.05, 3.63) is 48.5 Å². The third kappa shape index (κ3) is 8.18. The maximum atomic E-state index is 12.7. The summed E-state index contributed by atoms with van der Waals surface area (Å²) in [6.45, 7) is 7.06. The average Bonchev–Trinajstić information content (AvgIpc) is 2.85. The Hall–Kier alpha value is -3.12. The van der Waals surface area contributed by atoms with Crippen LogP contribution in [-0.4, -0.2) is 43.4 Å². The molecule has 1 fully saturated rings. The molecule has 3 N–H and O–H groups in total. The summed E-state index contributed by atoms with van der Waals surface area (Å²) in [7, 11) is -4.17. The summed E-state index contributed by atoms with van der Waals surface area (Å²) in [4.78, 5) is 8.84. The van der Waals surface area contributed by atoms with Crippen LogP contribution in [-0.2, 0) is 10.0 Å². The van der Waals surface area contributed by atoms with Crippen LogP contribution in [0, 0.1) is 11.8 Å². The molecule has 2 aromatic carbocycles. The summed E-state index contributed by atoms with van der Waals surface area (Å²) >= 11 is 0. The number of para-hydroxylation sites is 2. The van der Waals surface area contributed by atoms with Crippen molar-refractivity contribution in [2.75, 3.05) is 23.7 Å². The summed E-state index contributed by atoms with van der Waals surface area (Å²) in [6.07, 6.45) is -1.63. The Kier molecular flexibility index (Phi) is 8.55. The fourth-order valence-electron chi connectivity index (χ4n) is 4.67. The number of benzene rings is 2. The van der Waals surface area contributed by atoms with Crippen molar-refractivity contribution in [1.82, 2.24) is 14.7 Å². The van der Waals surface area contributed by atoms with Gasteiger partial charge in [-0.2, -0.15) is 4.98 Å². The van der Waals surface area contributed by atoms with E-state index in [4.69, 9.17) is 4.98 Å². The lowest BCUT2D eigenvalue weighted by Gasteiger charge is -2.29. The fourth-order valence-corrected chi connectivity index (χ4v) is 5.91. The molecule has 12 heteroatoms. The summed E-state index contributed by atoms with van der Waals surface area (Å²) in [6, 6.07) is 12.6. The number of anilines is 2. The third-order valence-corrected chi connectivity index (χ3v) is 8.00. The van der Waals surface area contributed by atoms with Crippen molar-refractivity contribution in [1.29, 1.82) is 0 Å². The van der Waals surface area contributed by atoms with Gasteiger partial charge in [0.1, 0.15) is 16.5 Å². The second kappa shape index (κ2) is 11.5. The van der Waals surface area contributed by atoms with Gasteiger partial charge in [-0.1, -0.05) is 24.3 Å². The molecule has 4 rings (SSSR count). The lowest BCUT2D eigenvalue weighted by atomic mass is 9.82. The van der Waals surface area contributed by atoms with Gasteiger partial charge in [0.25, 0.3) is 0 Å². The number of rotatable bonds is 9. The average molecular weight is 566 g/mol. The van der Waals surface area contributed by atoms with E-state index < -0.39 is 27.0 Å². The second-order valence-electron chi connectivity index (χ2n) is 10.9. The van der Waals surface area contributed by atoms with Crippen LogP contribution in [0.3, 0.4) is 0 Å². The van der Waals surface area contributed by atoms with Gasteiger partial charge >= 0.3 is 6.36 Å². The summed E-state index contributed by atoms with van der Waals surface area (Å²) in [5, 5.41) is 7.77. The van der Waals surface area contributed by atoms with Crippen molar-refractivity contribution in [2.45, 2.75) is 63.3 Å². The van der Waals surface area contributed by atoms with Crippen molar-refractivity contribution in [3.63, 3.8) is 0 Å². The van der Waals surface area contributed by atoms with Crippen LogP contribution < -0.4 is 20.1 Å². The summed E-state index contributed by atoms with van der Waals surface area (Å²) in [5.41, 5.74) is 0.682. The van der Waals surface area contributed by atoms with Crippen LogP contribution >= 0.6 is 0 Å². The first-order valence-electron chi connectivity index (χ1n) is 12.9. The number of sulfonamides is 1. The number of nitrogens with zero attached hydrogens (tertiary/aromatic N) is 2. The highest BCUT2D eigenvalue weighted by Gasteiger charge is 2.34. The molecule has 0 aliphatic heterocycles. The monoisotopic (exact) mass is 565 g/mol. The SMILES string of the molecule is CC(C)(C)Nc1nc(NC[C@H]2CC[C@H](CNS(=O)(=O)c3ccccc3OC(F)(F)F)CC2)nc2ccccc12. The Morgan fingerprint density at radius 3 is 2.18 bits per heavy atom. The first-order chi connectivity index (χ1) is 18.3. The van der Waals surface area contributed by atoms with E-state index in [1.165, 1.54) is 12.1 Å². The van der Waals surface area contributed by atoms with Gasteiger partial charge in [0.15, 0.2) is 0 Å². The first-order valence-corrected chi connectivity index (χ1v) is 14.4. The Bertz CT molecular complexity index is 1390. The zero-order chi connectivity index (χ0) is 28.3. The van der Waals surface area contributed by atoms with Crippen LogP contribution in [0.4, 0.5) is 24.9 Å². The molecule has 0 amide bonds. The molecule has 1 aliphatic carbocycles. The second-order valence-corrected chi connectivity index (χ2v) is 12.6. The molecular formula is C27H34F3N5O3S. The van der Waals surface area contributed by atoms with E-state index >= 15 is 0 Å². The number of halogens is 3. The molecule has 0 saturated heterocycles. The quantitative estimate of drug-likeness (QED) is 0.295. The highest BCUT2D eigenvalue weighted by molar-refractivity contribution is 7.89. The molecule has 0 unspecified atom stereocenters. The number of ether oxygens (including phenoxy) is 1. The van der Waals surface area contributed by atoms with Gasteiger partial charge in [-0.3, -0.25) is 0 Å². The molecule has 1 heterocycles. The van der Waals surface area contributed by atoms with Gasteiger partial charge in [-0.25, -0.2) is 18.1 Å². The van der Waals surface area contributed by atoms with Gasteiger partial charge in [0, 0.05) is 24.0 Å². The van der Waals surface area contributed by atoms with Gasteiger partial charge in [0.05, 0.1) is 5.52 Å². The molecular weight excluding hydrogens is 531 g/mol. The number of fused-ring (bicyclic) bond motifs is 1. The Morgan fingerprint density at radius 1 is 0.897 bits per heavy atom. The molecule has 0 atom stereocenters. The molecule has 1 saturated carbocycles. The van der Waals surface area contributed by atoms with E-state index in [-0.39, 0.29) is 18.0 Å². The minimum Gasteiger partial charge on any atom is -0.404 e. The number of aromatic nitrogens is 2. The van der Waals surface area contributed by atoms with E-state index in [0.717, 1.165) is 54.5 Å². The van der Waals surface area contributed by atoms with Crippen molar-refractivity contribution in [3.8, 4) is 5.75 Å². The van der Waals surface area contributed by atoms with Crippen molar-refractivity contribution in [2.24, 2.45) is 11.8 Å². The first kappa shape index (κ1) is 28.9. The van der Waals surface area contributed by atoms with E-state index in [1.54, 1.807) is 0 Å². The standard InChI is InChI=1S/C27H34F3N5O3S/c1-26(2,3)35-24-20-8-4-5-9-21(20)33-25(34-24)31-16-18-12-14-19(15-13-18)17-32-39(36,37)23-11-7-6-10-22(23)38-27(28,29)30/h4-11,18-19,32H,12-17H2,1-3H3,(H2,31,33,34,35)/t18-,19-. The third-order valence-electron chi connectivity index (χ3n) is 6.54. The maximum Gasteiger partial charge on any atom is 0.573 e. The molecule has 1 aromatic heterocycles. The molecule has 1 aliphatic rings. The maximum absolute atomic E-state index is 12.7. The molecule has 0 bridgehead atoms. The van der Waals surface area contributed by atoms with E-state index in [2.05, 4.69) is 45.8 Å². The Labute approximate surface area is 226 Å². The molecule has 212 valence electrons. The zero-order valence-electron chi connectivity index (χ0n) is 22.2. The number of hydrogen-bond donors (Lipinski definition) is 3. The van der Waals surface area contributed by atoms with E-state index in [0.29, 0.717) is 18.4 Å². The topological polar surface area (TPSA) is 105 Å². The van der Waals surface area contributed by atoms with Crippen molar-refractivity contribution >= 4 is 32.7 Å². The number of nitrogens with one attached hydrogen (secondary N) is 3. The van der Waals surface area contributed by atoms with Gasteiger partial charge in [0.2, 0.25) is 16.0 Å². The Morgan fingerprint density at radius 2 is 1.51 bits per heavy atom. The highest BCUT2D eigenvalue weighted by atomic mass is 32.2. The molecule has 0 radical (unpaired) electrons. The predicted octanol–water partition coefficient (Wildman–Crippen LogP) is 5.94. The molecule has 0 spiro atoms.